The summed E-state index contributed by atoms with van der Waals surface area (Å²) in [5.41, 5.74) is 1.24. The van der Waals surface area contributed by atoms with E-state index in [0.717, 1.165) is 19.6 Å². The number of carbonyl (C=O) groups excluding carboxylic acids is 2. The molecule has 0 atom stereocenters. The Morgan fingerprint density at radius 1 is 1.12 bits per heavy atom. The molecule has 1 aromatic carbocycles. The number of urea groups is 1. The number of hydrogen-bond acceptors (Lipinski definition) is 4. The Labute approximate surface area is 144 Å². The molecule has 1 heterocycles. The molecule has 24 heavy (non-hydrogen) atoms. The van der Waals surface area contributed by atoms with Crippen molar-refractivity contribution in [1.82, 2.24) is 20.4 Å². The molecule has 6 nitrogen and oxygen atoms in total. The quantitative estimate of drug-likeness (QED) is 0.756. The van der Waals surface area contributed by atoms with Crippen LogP contribution in [0.1, 0.15) is 24.8 Å². The Kier molecular flexibility index (Phi) is 7.71. The van der Waals surface area contributed by atoms with Gasteiger partial charge in [0.25, 0.3) is 0 Å². The largest absolute Gasteiger partial charge is 0.341 e. The predicted molar refractivity (Wildman–Crippen MR) is 94.6 cm³/mol. The van der Waals surface area contributed by atoms with Gasteiger partial charge in [-0.3, -0.25) is 15.0 Å². The van der Waals surface area contributed by atoms with Crippen LogP contribution < -0.4 is 10.6 Å². The van der Waals surface area contributed by atoms with Crippen LogP contribution in [0.3, 0.4) is 0 Å². The van der Waals surface area contributed by atoms with Gasteiger partial charge >= 0.3 is 6.03 Å². The van der Waals surface area contributed by atoms with E-state index in [4.69, 9.17) is 0 Å². The van der Waals surface area contributed by atoms with E-state index < -0.39 is 6.03 Å². The minimum Gasteiger partial charge on any atom is -0.341 e. The standard InChI is InChI=1S/C18H28N4O2/c1-19-18(24)20-17(23)9-12-22(14-13-21-10-5-6-11-21)15-16-7-3-2-4-8-16/h2-4,7-8H,5-6,9-15H2,1H3,(H2,19,20,23,24). The van der Waals surface area contributed by atoms with Crippen LogP contribution in [-0.2, 0) is 11.3 Å². The summed E-state index contributed by atoms with van der Waals surface area (Å²) in [4.78, 5) is 27.8. The molecule has 0 bridgehead atoms. The van der Waals surface area contributed by atoms with Crippen molar-refractivity contribution in [2.24, 2.45) is 0 Å². The molecule has 1 aliphatic rings. The van der Waals surface area contributed by atoms with Crippen LogP contribution in [0.15, 0.2) is 30.3 Å². The van der Waals surface area contributed by atoms with Gasteiger partial charge in [-0.05, 0) is 31.5 Å². The van der Waals surface area contributed by atoms with Gasteiger partial charge in [0.15, 0.2) is 0 Å². The van der Waals surface area contributed by atoms with Crippen LogP contribution in [0, 0.1) is 0 Å². The Hall–Kier alpha value is -1.92. The Morgan fingerprint density at radius 2 is 1.83 bits per heavy atom. The molecule has 2 rings (SSSR count). The first-order chi connectivity index (χ1) is 11.7. The van der Waals surface area contributed by atoms with Crippen molar-refractivity contribution in [3.8, 4) is 0 Å². The summed E-state index contributed by atoms with van der Waals surface area (Å²) in [7, 11) is 1.50. The Bertz CT molecular complexity index is 515. The van der Waals surface area contributed by atoms with Crippen molar-refractivity contribution in [3.05, 3.63) is 35.9 Å². The summed E-state index contributed by atoms with van der Waals surface area (Å²) in [5, 5.41) is 4.71. The third-order valence-electron chi connectivity index (χ3n) is 4.32. The molecule has 1 aromatic rings. The van der Waals surface area contributed by atoms with E-state index in [1.165, 1.54) is 38.5 Å². The smallest absolute Gasteiger partial charge is 0.321 e. The van der Waals surface area contributed by atoms with Gasteiger partial charge in [0.1, 0.15) is 0 Å². The first-order valence-corrected chi connectivity index (χ1v) is 8.67. The fourth-order valence-corrected chi connectivity index (χ4v) is 2.91. The molecule has 3 amide bonds. The number of hydrogen-bond donors (Lipinski definition) is 2. The molecular formula is C18H28N4O2. The van der Waals surface area contributed by atoms with Gasteiger partial charge in [-0.1, -0.05) is 30.3 Å². The molecule has 1 saturated heterocycles. The lowest BCUT2D eigenvalue weighted by Crippen LogP contribution is -2.40. The monoisotopic (exact) mass is 332 g/mol. The molecule has 0 saturated carbocycles. The molecule has 2 N–H and O–H groups in total. The Morgan fingerprint density at radius 3 is 2.50 bits per heavy atom. The highest BCUT2D eigenvalue weighted by atomic mass is 16.2. The zero-order valence-corrected chi connectivity index (χ0v) is 14.5. The molecule has 1 aliphatic heterocycles. The van der Waals surface area contributed by atoms with Gasteiger partial charge in [-0.2, -0.15) is 0 Å². The summed E-state index contributed by atoms with van der Waals surface area (Å²) >= 11 is 0. The fraction of sp³-hybridized carbons (Fsp3) is 0.556. The second-order valence-corrected chi connectivity index (χ2v) is 6.19. The van der Waals surface area contributed by atoms with E-state index in [0.29, 0.717) is 13.0 Å². The highest BCUT2D eigenvalue weighted by Crippen LogP contribution is 2.09. The second kappa shape index (κ2) is 10.1. The summed E-state index contributed by atoms with van der Waals surface area (Å²) in [6, 6.07) is 9.83. The molecular weight excluding hydrogens is 304 g/mol. The van der Waals surface area contributed by atoms with Crippen LogP contribution in [0.25, 0.3) is 0 Å². The van der Waals surface area contributed by atoms with Crippen LogP contribution >= 0.6 is 0 Å². The number of nitrogens with one attached hydrogen (secondary N) is 2. The van der Waals surface area contributed by atoms with E-state index in [1.54, 1.807) is 0 Å². The number of rotatable bonds is 8. The lowest BCUT2D eigenvalue weighted by atomic mass is 10.2. The van der Waals surface area contributed by atoms with E-state index in [-0.39, 0.29) is 5.91 Å². The number of carbonyl (C=O) groups is 2. The van der Waals surface area contributed by atoms with Gasteiger partial charge in [-0.25, -0.2) is 4.79 Å². The summed E-state index contributed by atoms with van der Waals surface area (Å²) in [6.07, 6.45) is 2.89. The minimum absolute atomic E-state index is 0.242. The SMILES string of the molecule is CNC(=O)NC(=O)CCN(CCN1CCCC1)Cc1ccccc1. The van der Waals surface area contributed by atoms with Crippen molar-refractivity contribution in [3.63, 3.8) is 0 Å². The molecule has 1 fully saturated rings. The highest BCUT2D eigenvalue weighted by Gasteiger charge is 2.15. The fourth-order valence-electron chi connectivity index (χ4n) is 2.91. The van der Waals surface area contributed by atoms with Crippen LogP contribution in [0.5, 0.6) is 0 Å². The predicted octanol–water partition coefficient (Wildman–Crippen LogP) is 1.43. The maximum atomic E-state index is 11.8. The van der Waals surface area contributed by atoms with E-state index >= 15 is 0 Å². The first kappa shape index (κ1) is 18.4. The molecule has 0 spiro atoms. The van der Waals surface area contributed by atoms with Gasteiger partial charge < -0.3 is 10.2 Å². The molecule has 0 aromatic heterocycles. The average Bonchev–Trinajstić information content (AvgIpc) is 3.11. The third-order valence-corrected chi connectivity index (χ3v) is 4.32. The third kappa shape index (κ3) is 6.68. The normalized spacial score (nSPS) is 14.8. The van der Waals surface area contributed by atoms with Crippen LogP contribution in [-0.4, -0.2) is 61.5 Å². The second-order valence-electron chi connectivity index (χ2n) is 6.19. The molecule has 6 heteroatoms. The topological polar surface area (TPSA) is 64.7 Å². The van der Waals surface area contributed by atoms with Crippen molar-refractivity contribution in [2.45, 2.75) is 25.8 Å². The molecule has 0 aliphatic carbocycles. The van der Waals surface area contributed by atoms with Crippen molar-refractivity contribution < 1.29 is 9.59 Å². The zero-order chi connectivity index (χ0) is 17.2. The number of nitrogens with zero attached hydrogens (tertiary/aromatic N) is 2. The Balaban J connectivity index is 1.83. The average molecular weight is 332 g/mol. The van der Waals surface area contributed by atoms with E-state index in [2.05, 4.69) is 32.6 Å². The van der Waals surface area contributed by atoms with Gasteiger partial charge in [0, 0.05) is 39.6 Å². The number of amides is 3. The number of imide groups is 1. The highest BCUT2D eigenvalue weighted by molar-refractivity contribution is 5.94. The van der Waals surface area contributed by atoms with Crippen molar-refractivity contribution in [1.29, 1.82) is 0 Å². The number of likely N-dealkylation sites (tertiary alicyclic amines) is 1. The van der Waals surface area contributed by atoms with Gasteiger partial charge in [-0.15, -0.1) is 0 Å². The van der Waals surface area contributed by atoms with Gasteiger partial charge in [0.2, 0.25) is 5.91 Å². The van der Waals surface area contributed by atoms with Crippen LogP contribution in [0.2, 0.25) is 0 Å². The van der Waals surface area contributed by atoms with Gasteiger partial charge in [0.05, 0.1) is 0 Å². The minimum atomic E-state index is -0.452. The molecule has 0 unspecified atom stereocenters. The van der Waals surface area contributed by atoms with E-state index in [9.17, 15) is 9.59 Å². The van der Waals surface area contributed by atoms with Crippen molar-refractivity contribution in [2.75, 3.05) is 39.8 Å². The van der Waals surface area contributed by atoms with E-state index in [1.807, 2.05) is 18.2 Å². The number of benzene rings is 1. The molecule has 132 valence electrons. The maximum absolute atomic E-state index is 11.8. The summed E-state index contributed by atoms with van der Waals surface area (Å²) in [6.45, 7) is 5.78. The molecule has 0 radical (unpaired) electrons. The van der Waals surface area contributed by atoms with Crippen molar-refractivity contribution >= 4 is 11.9 Å². The summed E-state index contributed by atoms with van der Waals surface area (Å²) in [5.74, 6) is -0.242. The first-order valence-electron chi connectivity index (χ1n) is 8.67. The lowest BCUT2D eigenvalue weighted by molar-refractivity contribution is -0.120. The van der Waals surface area contributed by atoms with Crippen LogP contribution in [0.4, 0.5) is 4.79 Å². The lowest BCUT2D eigenvalue weighted by Gasteiger charge is -2.25. The summed E-state index contributed by atoms with van der Waals surface area (Å²) < 4.78 is 0. The maximum Gasteiger partial charge on any atom is 0.321 e. The zero-order valence-electron chi connectivity index (χ0n) is 14.5.